The van der Waals surface area contributed by atoms with Crippen LogP contribution < -0.4 is 0 Å². The maximum Gasteiger partial charge on any atom is 0.522 e. The lowest BCUT2D eigenvalue weighted by Gasteiger charge is -2.30. The first kappa shape index (κ1) is 31.3. The van der Waals surface area contributed by atoms with Crippen LogP contribution in [0.2, 0.25) is 0 Å². The summed E-state index contributed by atoms with van der Waals surface area (Å²) in [5.74, 6) is 0. The molecule has 0 aromatic heterocycles. The molecule has 30 heavy (non-hydrogen) atoms. The molecule has 0 radical (unpaired) electrons. The van der Waals surface area contributed by atoms with E-state index in [2.05, 4.69) is 18.8 Å². The van der Waals surface area contributed by atoms with Crippen LogP contribution >= 0.6 is 0 Å². The highest BCUT2D eigenvalue weighted by Gasteiger charge is 2.44. The van der Waals surface area contributed by atoms with Crippen molar-refractivity contribution in [2.24, 2.45) is 0 Å². The minimum Gasteiger partial charge on any atom is -0.747 e. The van der Waals surface area contributed by atoms with Crippen molar-refractivity contribution in [2.45, 2.75) is 35.9 Å². The number of halogens is 3. The first-order chi connectivity index (χ1) is 12.9. The number of hydrogen-bond donors (Lipinski definition) is 2. The Kier molecular flexibility index (Phi) is 11.1. The van der Waals surface area contributed by atoms with E-state index in [0.29, 0.717) is 16.5 Å². The van der Waals surface area contributed by atoms with Crippen molar-refractivity contribution in [2.75, 3.05) is 18.8 Å². The summed E-state index contributed by atoms with van der Waals surface area (Å²) in [6, 6.07) is 3.40. The quantitative estimate of drug-likeness (QED) is 0.344. The molecule has 0 fully saturated rings. The summed E-state index contributed by atoms with van der Waals surface area (Å²) in [5, 5.41) is 0. The lowest BCUT2D eigenvalue weighted by molar-refractivity contribution is -0.0510. The second-order valence-corrected chi connectivity index (χ2v) is 13.8. The van der Waals surface area contributed by atoms with E-state index in [9.17, 15) is 34.6 Å². The van der Waals surface area contributed by atoms with Crippen LogP contribution in [0.1, 0.15) is 25.0 Å². The molecule has 0 aliphatic heterocycles. The van der Waals surface area contributed by atoms with Crippen molar-refractivity contribution in [3.63, 3.8) is 0 Å². The van der Waals surface area contributed by atoms with Crippen molar-refractivity contribution >= 4 is 41.2 Å². The van der Waals surface area contributed by atoms with E-state index in [0.717, 1.165) is 12.1 Å². The summed E-state index contributed by atoms with van der Waals surface area (Å²) in [5.41, 5.74) is -5.04. The summed E-state index contributed by atoms with van der Waals surface area (Å²) >= 11 is 0. The second-order valence-electron chi connectivity index (χ2n) is 6.56. The number of rotatable bonds is 3. The van der Waals surface area contributed by atoms with Gasteiger partial charge in [0.25, 0.3) is 10.1 Å². The zero-order valence-corrected chi connectivity index (χ0v) is 20.0. The summed E-state index contributed by atoms with van der Waals surface area (Å²) in [7, 11) is -14.1. The van der Waals surface area contributed by atoms with Crippen molar-refractivity contribution in [1.82, 2.24) is 0 Å². The Morgan fingerprint density at radius 1 is 0.933 bits per heavy atom. The number of benzene rings is 1. The average molecular weight is 521 g/mol. The summed E-state index contributed by atoms with van der Waals surface area (Å²) in [4.78, 5) is -0.345. The van der Waals surface area contributed by atoms with Crippen molar-refractivity contribution in [3.05, 3.63) is 29.3 Å². The summed E-state index contributed by atoms with van der Waals surface area (Å²) in [6.45, 7) is 3.95. The van der Waals surface area contributed by atoms with Gasteiger partial charge in [-0.1, -0.05) is 6.07 Å². The lowest BCUT2D eigenvalue weighted by atomic mass is 9.97. The fraction of sp³-hybridized carbons (Fsp3) is 0.571. The molecule has 0 unspecified atom stereocenters. The number of alkyl halides is 3. The normalized spacial score (nSPS) is 13.1. The molecule has 1 aromatic rings. The van der Waals surface area contributed by atoms with Crippen LogP contribution in [0.25, 0.3) is 0 Å². The molecule has 0 aliphatic rings. The van der Waals surface area contributed by atoms with Gasteiger partial charge >= 0.3 is 15.6 Å². The largest absolute Gasteiger partial charge is 0.747 e. The zero-order valence-electron chi connectivity index (χ0n) is 16.8. The van der Waals surface area contributed by atoms with Gasteiger partial charge in [0.05, 0.1) is 28.4 Å². The third kappa shape index (κ3) is 10.4. The van der Waals surface area contributed by atoms with Gasteiger partial charge in [-0.2, -0.15) is 30.0 Å². The van der Waals surface area contributed by atoms with Crippen LogP contribution in [-0.4, -0.2) is 63.2 Å². The van der Waals surface area contributed by atoms with Gasteiger partial charge in [0.15, 0.2) is 0 Å². The Labute approximate surface area is 177 Å². The highest BCUT2D eigenvalue weighted by atomic mass is 32.2. The lowest BCUT2D eigenvalue weighted by Crippen LogP contribution is -2.29. The van der Waals surface area contributed by atoms with Gasteiger partial charge in [-0.3, -0.25) is 9.11 Å². The molecule has 0 heterocycles. The molecule has 0 saturated carbocycles. The van der Waals surface area contributed by atoms with E-state index in [1.54, 1.807) is 0 Å². The fourth-order valence-electron chi connectivity index (χ4n) is 1.61. The first-order valence-electron chi connectivity index (χ1n) is 7.42. The van der Waals surface area contributed by atoms with Gasteiger partial charge in [-0.25, -0.2) is 8.42 Å². The maximum absolute atomic E-state index is 11.2. The third-order valence-corrected chi connectivity index (χ3v) is 5.97. The smallest absolute Gasteiger partial charge is 0.522 e. The Bertz CT molecular complexity index is 1020. The summed E-state index contributed by atoms with van der Waals surface area (Å²) < 4.78 is 120. The van der Waals surface area contributed by atoms with E-state index < -0.39 is 40.6 Å². The van der Waals surface area contributed by atoms with E-state index in [-0.39, 0.29) is 10.5 Å². The fourth-order valence-corrected chi connectivity index (χ4v) is 2.67. The van der Waals surface area contributed by atoms with Crippen molar-refractivity contribution < 1.29 is 52.1 Å². The standard InChI is InChI=1S/C10H14O6S2.C3H9S.CHF3O3S/c1-7-6-8(17(11,12)13)4-5-9(7)10(2,3)18(14,15)16;1-4(2)3;2-1(3,4)8(5,6)7/h4-6H,1-3H3,(H,11,12,13)(H,14,15,16);1-3H3;(H,5,6,7)/q;+1;/p-1. The molecule has 1 aromatic carbocycles. The van der Waals surface area contributed by atoms with Gasteiger partial charge < -0.3 is 4.55 Å². The van der Waals surface area contributed by atoms with Gasteiger partial charge in [-0.05, 0) is 54.9 Å². The molecule has 0 atom stereocenters. The van der Waals surface area contributed by atoms with Crippen LogP contribution in [0.5, 0.6) is 0 Å². The minimum atomic E-state index is -5.84. The molecule has 0 amide bonds. The van der Waals surface area contributed by atoms with E-state index in [1.165, 1.54) is 26.8 Å². The molecule has 1 rings (SSSR count). The van der Waals surface area contributed by atoms with Crippen molar-refractivity contribution in [1.29, 1.82) is 0 Å². The summed E-state index contributed by atoms with van der Waals surface area (Å²) in [6.07, 6.45) is 6.58. The molecular weight excluding hydrogens is 497 g/mol. The molecule has 0 saturated heterocycles. The number of aryl methyl sites for hydroxylation is 1. The Hall–Kier alpha value is -0.910. The van der Waals surface area contributed by atoms with Crippen LogP contribution in [0.3, 0.4) is 0 Å². The van der Waals surface area contributed by atoms with Crippen molar-refractivity contribution in [3.8, 4) is 0 Å². The Morgan fingerprint density at radius 2 is 1.27 bits per heavy atom. The van der Waals surface area contributed by atoms with E-state index >= 15 is 0 Å². The topological polar surface area (TPSA) is 166 Å². The van der Waals surface area contributed by atoms with Crippen LogP contribution in [0.4, 0.5) is 13.2 Å². The Morgan fingerprint density at radius 3 is 1.47 bits per heavy atom. The average Bonchev–Trinajstić information content (AvgIpc) is 2.42. The molecule has 16 heteroatoms. The van der Waals surface area contributed by atoms with Crippen LogP contribution in [0, 0.1) is 6.92 Å². The monoisotopic (exact) mass is 520 g/mol. The third-order valence-electron chi connectivity index (χ3n) is 3.06. The van der Waals surface area contributed by atoms with E-state index in [4.69, 9.17) is 17.5 Å². The maximum atomic E-state index is 11.2. The Balaban J connectivity index is 0. The molecular formula is C14H23F3O9S4. The van der Waals surface area contributed by atoms with Crippen LogP contribution in [-0.2, 0) is 46.0 Å². The van der Waals surface area contributed by atoms with Gasteiger partial charge in [-0.15, -0.1) is 0 Å². The molecule has 0 spiro atoms. The van der Waals surface area contributed by atoms with E-state index in [1.807, 2.05) is 0 Å². The van der Waals surface area contributed by atoms with Gasteiger partial charge in [0, 0.05) is 0 Å². The highest BCUT2D eigenvalue weighted by molar-refractivity contribution is 7.94. The van der Waals surface area contributed by atoms with Gasteiger partial charge in [0.1, 0.15) is 10.1 Å². The molecule has 0 aliphatic carbocycles. The SMILES string of the molecule is C[S+](C)C.Cc1cc(S(=O)(=O)O)ccc1C(C)(C)S(=O)(=O)[O-].O=S(=O)(O)C(F)(F)F. The molecule has 178 valence electrons. The van der Waals surface area contributed by atoms with Gasteiger partial charge in [0.2, 0.25) is 0 Å². The highest BCUT2D eigenvalue weighted by Crippen LogP contribution is 2.32. The molecule has 2 N–H and O–H groups in total. The second kappa shape index (κ2) is 10.6. The molecule has 9 nitrogen and oxygen atoms in total. The predicted molar refractivity (Wildman–Crippen MR) is 106 cm³/mol. The predicted octanol–water partition coefficient (Wildman–Crippen LogP) is 1.91. The zero-order chi connectivity index (χ0) is 24.9. The molecule has 0 bridgehead atoms. The number of hydrogen-bond acceptors (Lipinski definition) is 7. The first-order valence-corrected chi connectivity index (χ1v) is 14.2. The minimum absolute atomic E-state index is 0.199. The van der Waals surface area contributed by atoms with Crippen LogP contribution in [0.15, 0.2) is 23.1 Å².